The second-order valence-corrected chi connectivity index (χ2v) is 4.31. The fraction of sp³-hybridized carbons (Fsp3) is 0.364. The van der Waals surface area contributed by atoms with Crippen molar-refractivity contribution >= 4 is 17.7 Å². The molecule has 4 N–H and O–H groups in total. The van der Waals surface area contributed by atoms with E-state index in [1.54, 1.807) is 0 Å². The number of aliphatic carboxylic acids is 1. The van der Waals surface area contributed by atoms with E-state index in [1.807, 2.05) is 36.6 Å². The number of carboxylic acid groups (broad SMARTS) is 1. The van der Waals surface area contributed by atoms with Gasteiger partial charge in [0.2, 0.25) is 0 Å². The van der Waals surface area contributed by atoms with Gasteiger partial charge in [0.05, 0.1) is 6.17 Å². The number of benzene rings is 1. The van der Waals surface area contributed by atoms with Crippen LogP contribution in [0.1, 0.15) is 11.7 Å². The summed E-state index contributed by atoms with van der Waals surface area (Å²) in [6.45, 7) is 0. The molecule has 4 nitrogen and oxygen atoms in total. The van der Waals surface area contributed by atoms with E-state index in [4.69, 9.17) is 10.8 Å². The molecule has 0 aromatic heterocycles. The fourth-order valence-corrected chi connectivity index (χ4v) is 1.90. The van der Waals surface area contributed by atoms with Crippen molar-refractivity contribution in [3.05, 3.63) is 35.9 Å². The summed E-state index contributed by atoms with van der Waals surface area (Å²) in [7, 11) is 0. The number of carbonyl (C=O) groups is 1. The van der Waals surface area contributed by atoms with Crippen LogP contribution >= 0.6 is 11.8 Å². The zero-order valence-electron chi connectivity index (χ0n) is 9.09. The minimum atomic E-state index is -0.874. The SMILES string of the molecule is CSCC(NC(N)c1ccccc1)C(=O)O. The monoisotopic (exact) mass is 240 g/mol. The van der Waals surface area contributed by atoms with Crippen LogP contribution in [0.25, 0.3) is 0 Å². The Hall–Kier alpha value is -1.04. The van der Waals surface area contributed by atoms with E-state index < -0.39 is 18.2 Å². The third-order valence-corrected chi connectivity index (χ3v) is 2.84. The molecular formula is C11H16N2O2S. The zero-order chi connectivity index (χ0) is 12.0. The lowest BCUT2D eigenvalue weighted by atomic mass is 10.1. The predicted octanol–water partition coefficient (Wildman–Crippen LogP) is 1.05. The minimum Gasteiger partial charge on any atom is -0.480 e. The normalized spacial score (nSPS) is 14.4. The first kappa shape index (κ1) is 13.0. The molecule has 16 heavy (non-hydrogen) atoms. The number of hydrogen-bond donors (Lipinski definition) is 3. The van der Waals surface area contributed by atoms with Crippen LogP contribution in [-0.4, -0.2) is 29.1 Å². The van der Waals surface area contributed by atoms with Gasteiger partial charge in [-0.25, -0.2) is 0 Å². The Labute approximate surface area is 99.2 Å². The Bertz CT molecular complexity index is 332. The van der Waals surface area contributed by atoms with Crippen LogP contribution in [0.3, 0.4) is 0 Å². The molecule has 1 rings (SSSR count). The quantitative estimate of drug-likeness (QED) is 0.648. The molecule has 0 amide bonds. The molecule has 0 aliphatic heterocycles. The fourth-order valence-electron chi connectivity index (χ4n) is 1.33. The van der Waals surface area contributed by atoms with E-state index in [0.29, 0.717) is 5.75 Å². The van der Waals surface area contributed by atoms with Crippen LogP contribution in [0, 0.1) is 0 Å². The molecule has 0 radical (unpaired) electrons. The highest BCUT2D eigenvalue weighted by Crippen LogP contribution is 2.08. The summed E-state index contributed by atoms with van der Waals surface area (Å²) in [5.74, 6) is -0.378. The molecule has 88 valence electrons. The van der Waals surface area contributed by atoms with Crippen LogP contribution in [0.2, 0.25) is 0 Å². The third kappa shape index (κ3) is 3.84. The van der Waals surface area contributed by atoms with Gasteiger partial charge in [-0.3, -0.25) is 10.1 Å². The molecule has 0 saturated heterocycles. The van der Waals surface area contributed by atoms with Crippen LogP contribution in [0.5, 0.6) is 0 Å². The number of rotatable bonds is 6. The van der Waals surface area contributed by atoms with Gasteiger partial charge in [0.1, 0.15) is 6.04 Å². The maximum absolute atomic E-state index is 10.9. The summed E-state index contributed by atoms with van der Waals surface area (Å²) in [6.07, 6.45) is 1.42. The van der Waals surface area contributed by atoms with Crippen LogP contribution in [-0.2, 0) is 4.79 Å². The lowest BCUT2D eigenvalue weighted by Crippen LogP contribution is -2.44. The Morgan fingerprint density at radius 3 is 2.62 bits per heavy atom. The van der Waals surface area contributed by atoms with E-state index in [-0.39, 0.29) is 0 Å². The Kier molecular flexibility index (Phi) is 5.31. The van der Waals surface area contributed by atoms with Crippen molar-refractivity contribution in [2.45, 2.75) is 12.2 Å². The summed E-state index contributed by atoms with van der Waals surface area (Å²) in [5.41, 5.74) is 6.76. The molecule has 0 aliphatic rings. The molecule has 2 unspecified atom stereocenters. The molecular weight excluding hydrogens is 224 g/mol. The second kappa shape index (κ2) is 6.52. The van der Waals surface area contributed by atoms with Gasteiger partial charge in [0.25, 0.3) is 0 Å². The molecule has 0 aliphatic carbocycles. The molecule has 1 aromatic carbocycles. The molecule has 0 bridgehead atoms. The van der Waals surface area contributed by atoms with Crippen molar-refractivity contribution in [1.29, 1.82) is 0 Å². The highest BCUT2D eigenvalue weighted by molar-refractivity contribution is 7.98. The van der Waals surface area contributed by atoms with E-state index in [0.717, 1.165) is 5.56 Å². The summed E-state index contributed by atoms with van der Waals surface area (Å²) in [6, 6.07) is 8.77. The van der Waals surface area contributed by atoms with Crippen molar-refractivity contribution in [3.8, 4) is 0 Å². The molecule has 0 fully saturated rings. The Morgan fingerprint density at radius 2 is 2.12 bits per heavy atom. The smallest absolute Gasteiger partial charge is 0.321 e. The third-order valence-electron chi connectivity index (χ3n) is 2.17. The van der Waals surface area contributed by atoms with Crippen LogP contribution in [0.15, 0.2) is 30.3 Å². The molecule has 1 aromatic rings. The van der Waals surface area contributed by atoms with Crippen molar-refractivity contribution in [2.24, 2.45) is 5.73 Å². The Morgan fingerprint density at radius 1 is 1.50 bits per heavy atom. The first-order chi connectivity index (χ1) is 7.65. The van der Waals surface area contributed by atoms with Gasteiger partial charge in [-0.05, 0) is 11.8 Å². The number of nitrogens with two attached hydrogens (primary N) is 1. The zero-order valence-corrected chi connectivity index (χ0v) is 9.91. The van der Waals surface area contributed by atoms with Gasteiger partial charge in [0.15, 0.2) is 0 Å². The lowest BCUT2D eigenvalue weighted by Gasteiger charge is -2.19. The van der Waals surface area contributed by atoms with E-state index in [2.05, 4.69) is 5.32 Å². The molecule has 0 spiro atoms. The topological polar surface area (TPSA) is 75.3 Å². The van der Waals surface area contributed by atoms with Gasteiger partial charge in [-0.15, -0.1) is 0 Å². The molecule has 0 heterocycles. The van der Waals surface area contributed by atoms with Crippen molar-refractivity contribution in [1.82, 2.24) is 5.32 Å². The number of hydrogen-bond acceptors (Lipinski definition) is 4. The summed E-state index contributed by atoms with van der Waals surface area (Å²) in [5, 5.41) is 11.9. The van der Waals surface area contributed by atoms with E-state index in [9.17, 15) is 4.79 Å². The van der Waals surface area contributed by atoms with Gasteiger partial charge in [-0.1, -0.05) is 30.3 Å². The number of thioether (sulfide) groups is 1. The van der Waals surface area contributed by atoms with E-state index >= 15 is 0 Å². The van der Waals surface area contributed by atoms with Gasteiger partial charge < -0.3 is 10.8 Å². The first-order valence-electron chi connectivity index (χ1n) is 4.93. The first-order valence-corrected chi connectivity index (χ1v) is 6.33. The van der Waals surface area contributed by atoms with Crippen molar-refractivity contribution in [2.75, 3.05) is 12.0 Å². The van der Waals surface area contributed by atoms with Crippen LogP contribution < -0.4 is 11.1 Å². The number of carboxylic acids is 1. The summed E-state index contributed by atoms with van der Waals surface area (Å²) >= 11 is 1.48. The predicted molar refractivity (Wildman–Crippen MR) is 66.3 cm³/mol. The van der Waals surface area contributed by atoms with Gasteiger partial charge in [-0.2, -0.15) is 11.8 Å². The average Bonchev–Trinajstić information content (AvgIpc) is 2.29. The summed E-state index contributed by atoms with van der Waals surface area (Å²) < 4.78 is 0. The lowest BCUT2D eigenvalue weighted by molar-refractivity contribution is -0.139. The Balaban J connectivity index is 2.61. The van der Waals surface area contributed by atoms with Crippen molar-refractivity contribution in [3.63, 3.8) is 0 Å². The standard InChI is InChI=1S/C11H16N2O2S/c1-16-7-9(11(14)15)13-10(12)8-5-3-2-4-6-8/h2-6,9-10,13H,7,12H2,1H3,(H,14,15). The highest BCUT2D eigenvalue weighted by atomic mass is 32.2. The average molecular weight is 240 g/mol. The van der Waals surface area contributed by atoms with Crippen LogP contribution in [0.4, 0.5) is 0 Å². The minimum absolute atomic E-state index is 0.450. The molecule has 5 heteroatoms. The largest absolute Gasteiger partial charge is 0.480 e. The summed E-state index contributed by atoms with van der Waals surface area (Å²) in [4.78, 5) is 10.9. The maximum atomic E-state index is 10.9. The highest BCUT2D eigenvalue weighted by Gasteiger charge is 2.19. The second-order valence-electron chi connectivity index (χ2n) is 3.40. The number of nitrogens with one attached hydrogen (secondary N) is 1. The maximum Gasteiger partial charge on any atom is 0.321 e. The van der Waals surface area contributed by atoms with E-state index in [1.165, 1.54) is 11.8 Å². The van der Waals surface area contributed by atoms with Gasteiger partial charge >= 0.3 is 5.97 Å². The van der Waals surface area contributed by atoms with Gasteiger partial charge in [0, 0.05) is 5.75 Å². The van der Waals surface area contributed by atoms with Crippen molar-refractivity contribution < 1.29 is 9.90 Å². The molecule has 0 saturated carbocycles. The molecule has 2 atom stereocenters.